The molecule has 2 aliphatic carbocycles. The Morgan fingerprint density at radius 2 is 1.63 bits per heavy atom. The Balaban J connectivity index is 1.07. The third kappa shape index (κ3) is 3.50. The lowest BCUT2D eigenvalue weighted by atomic mass is 9.53. The van der Waals surface area contributed by atoms with Gasteiger partial charge in [-0.05, 0) is 25.2 Å². The van der Waals surface area contributed by atoms with Crippen molar-refractivity contribution in [2.75, 3.05) is 32.7 Å². The van der Waals surface area contributed by atoms with E-state index in [-0.39, 0.29) is 41.0 Å². The molecule has 0 bridgehead atoms. The summed E-state index contributed by atoms with van der Waals surface area (Å²) in [7, 11) is 0. The number of nitrogens with zero attached hydrogens (tertiary/aromatic N) is 2. The van der Waals surface area contributed by atoms with Crippen molar-refractivity contribution in [3.63, 3.8) is 0 Å². The van der Waals surface area contributed by atoms with Crippen LogP contribution in [0.5, 0.6) is 0 Å². The molecule has 3 aliphatic heterocycles. The molecule has 0 radical (unpaired) electrons. The molecule has 7 atom stereocenters. The number of hydrogen-bond acceptors (Lipinski definition) is 6. The normalized spacial score (nSPS) is 39.1. The third-order valence-electron chi connectivity index (χ3n) is 10.8. The summed E-state index contributed by atoms with van der Waals surface area (Å²) in [5.41, 5.74) is 0.635. The first-order chi connectivity index (χ1) is 18.4. The van der Waals surface area contributed by atoms with Gasteiger partial charge in [0, 0.05) is 55.2 Å². The van der Waals surface area contributed by atoms with Crippen LogP contribution in [-0.4, -0.2) is 71.4 Å². The van der Waals surface area contributed by atoms with Gasteiger partial charge >= 0.3 is 5.97 Å². The van der Waals surface area contributed by atoms with E-state index < -0.39 is 5.72 Å². The van der Waals surface area contributed by atoms with Crippen LogP contribution in [0.25, 0.3) is 0 Å². The topological polar surface area (TPSA) is 65.5 Å². The van der Waals surface area contributed by atoms with E-state index in [1.54, 1.807) is 0 Å². The molecular weight excluding hydrogens is 476 g/mol. The number of carbonyl (C=O) groups is 1. The highest BCUT2D eigenvalue weighted by molar-refractivity contribution is 5.76. The molecule has 2 saturated carbocycles. The van der Waals surface area contributed by atoms with Crippen molar-refractivity contribution >= 4 is 5.97 Å². The summed E-state index contributed by atoms with van der Waals surface area (Å²) in [6.45, 7) is 8.47. The number of aliphatic hydroxyl groups is 1. The van der Waals surface area contributed by atoms with Gasteiger partial charge in [-0.3, -0.25) is 14.6 Å². The van der Waals surface area contributed by atoms with Crippen LogP contribution in [0.3, 0.4) is 0 Å². The Kier molecular flexibility index (Phi) is 5.79. The van der Waals surface area contributed by atoms with Crippen molar-refractivity contribution in [2.45, 2.75) is 63.1 Å². The van der Waals surface area contributed by atoms with Crippen molar-refractivity contribution in [1.29, 1.82) is 0 Å². The lowest BCUT2D eigenvalue weighted by molar-refractivity contribution is -0.147. The molecule has 2 aromatic carbocycles. The van der Waals surface area contributed by atoms with Gasteiger partial charge in [0.1, 0.15) is 11.7 Å². The highest BCUT2D eigenvalue weighted by Gasteiger charge is 2.78. The average Bonchev–Trinajstić information content (AvgIpc) is 3.63. The molecule has 7 rings (SSSR count). The van der Waals surface area contributed by atoms with Crippen LogP contribution in [0.2, 0.25) is 0 Å². The highest BCUT2D eigenvalue weighted by atomic mass is 16.6. The van der Waals surface area contributed by atoms with Crippen LogP contribution >= 0.6 is 0 Å². The van der Waals surface area contributed by atoms with E-state index in [9.17, 15) is 9.90 Å². The molecule has 3 heterocycles. The summed E-state index contributed by atoms with van der Waals surface area (Å²) in [5.74, 6) is 0.547. The van der Waals surface area contributed by atoms with Crippen LogP contribution in [-0.2, 0) is 20.0 Å². The standard InChI is InChI=1S/C32H40N2O4/c1-22-10-9-15-30(2)20-26-27(28-31(22,30)38-28)25(29(35)37-26)21-33-16-18-34(19-17-33)32(36,23-11-5-3-6-12-23)24-13-7-4-8-14-24/h3-8,11-14,22,25-28,36H,9-10,15-21H2,1-2H3. The zero-order chi connectivity index (χ0) is 26.1. The van der Waals surface area contributed by atoms with E-state index in [0.29, 0.717) is 12.5 Å². The lowest BCUT2D eigenvalue weighted by Crippen LogP contribution is -2.57. The maximum atomic E-state index is 13.2. The molecule has 0 amide bonds. The number of carbonyl (C=O) groups excluding carboxylic acids is 1. The van der Waals surface area contributed by atoms with Crippen molar-refractivity contribution in [2.24, 2.45) is 23.2 Å². The quantitative estimate of drug-likeness (QED) is 0.478. The summed E-state index contributed by atoms with van der Waals surface area (Å²) in [5, 5.41) is 12.2. The minimum absolute atomic E-state index is 0.00836. The Bertz CT molecular complexity index is 1140. The number of piperazine rings is 1. The maximum absolute atomic E-state index is 13.2. The highest BCUT2D eigenvalue weighted by Crippen LogP contribution is 2.70. The molecule has 1 spiro atoms. The van der Waals surface area contributed by atoms with E-state index in [0.717, 1.165) is 43.7 Å². The molecule has 5 aliphatic rings. The monoisotopic (exact) mass is 516 g/mol. The van der Waals surface area contributed by atoms with Crippen LogP contribution in [0.1, 0.15) is 50.7 Å². The van der Waals surface area contributed by atoms with Crippen molar-refractivity contribution in [3.8, 4) is 0 Å². The van der Waals surface area contributed by atoms with E-state index in [1.807, 2.05) is 60.7 Å². The number of benzene rings is 2. The summed E-state index contributed by atoms with van der Waals surface area (Å²) in [6.07, 6.45) is 4.72. The Hall–Kier alpha value is -2.25. The predicted octanol–water partition coefficient (Wildman–Crippen LogP) is 4.02. The third-order valence-corrected chi connectivity index (χ3v) is 10.8. The maximum Gasteiger partial charge on any atom is 0.311 e. The fourth-order valence-corrected chi connectivity index (χ4v) is 8.85. The summed E-state index contributed by atoms with van der Waals surface area (Å²) < 4.78 is 12.7. The van der Waals surface area contributed by atoms with Crippen LogP contribution in [0.4, 0.5) is 0 Å². The van der Waals surface area contributed by atoms with Crippen molar-refractivity contribution in [3.05, 3.63) is 71.8 Å². The number of epoxide rings is 1. The van der Waals surface area contributed by atoms with Crippen LogP contribution in [0.15, 0.2) is 60.7 Å². The lowest BCUT2D eigenvalue weighted by Gasteiger charge is -2.49. The Labute approximate surface area is 225 Å². The molecule has 38 heavy (non-hydrogen) atoms. The first kappa shape index (κ1) is 24.8. The number of ether oxygens (including phenoxy) is 2. The molecule has 6 heteroatoms. The second-order valence-corrected chi connectivity index (χ2v) is 12.7. The number of esters is 1. The minimum atomic E-state index is -1.19. The summed E-state index contributed by atoms with van der Waals surface area (Å²) in [6, 6.07) is 19.9. The van der Waals surface area contributed by atoms with Gasteiger partial charge in [0.15, 0.2) is 5.72 Å². The van der Waals surface area contributed by atoms with Gasteiger partial charge in [-0.15, -0.1) is 0 Å². The molecule has 3 saturated heterocycles. The molecular formula is C32H40N2O4. The van der Waals surface area contributed by atoms with Gasteiger partial charge < -0.3 is 14.6 Å². The first-order valence-corrected chi connectivity index (χ1v) is 14.6. The zero-order valence-electron chi connectivity index (χ0n) is 22.6. The van der Waals surface area contributed by atoms with Gasteiger partial charge in [0.2, 0.25) is 0 Å². The van der Waals surface area contributed by atoms with E-state index in [4.69, 9.17) is 9.47 Å². The summed E-state index contributed by atoms with van der Waals surface area (Å²) >= 11 is 0. The molecule has 6 nitrogen and oxygen atoms in total. The van der Waals surface area contributed by atoms with Gasteiger partial charge in [-0.25, -0.2) is 0 Å². The average molecular weight is 517 g/mol. The first-order valence-electron chi connectivity index (χ1n) is 14.6. The van der Waals surface area contributed by atoms with Gasteiger partial charge in [-0.2, -0.15) is 0 Å². The SMILES string of the molecule is CC1CCCC2(C)CC3OC(=O)C(CN4CCN(C(O)(c5ccccc5)c5ccccc5)CC4)C3C3OC132. The largest absolute Gasteiger partial charge is 0.462 e. The van der Waals surface area contributed by atoms with E-state index in [2.05, 4.69) is 23.6 Å². The second-order valence-electron chi connectivity index (χ2n) is 12.7. The number of fused-ring (bicyclic) bond motifs is 2. The van der Waals surface area contributed by atoms with Gasteiger partial charge in [0.25, 0.3) is 0 Å². The fourth-order valence-electron chi connectivity index (χ4n) is 8.85. The van der Waals surface area contributed by atoms with Crippen molar-refractivity contribution < 1.29 is 19.4 Å². The van der Waals surface area contributed by atoms with Crippen LogP contribution in [0, 0.1) is 23.2 Å². The fraction of sp³-hybridized carbons (Fsp3) is 0.594. The van der Waals surface area contributed by atoms with Gasteiger partial charge in [0.05, 0.1) is 12.0 Å². The minimum Gasteiger partial charge on any atom is -0.462 e. The molecule has 1 N–H and O–H groups in total. The van der Waals surface area contributed by atoms with E-state index >= 15 is 0 Å². The van der Waals surface area contributed by atoms with E-state index in [1.165, 1.54) is 19.3 Å². The molecule has 7 unspecified atom stereocenters. The molecule has 0 aromatic heterocycles. The molecule has 202 valence electrons. The molecule has 5 fully saturated rings. The zero-order valence-corrected chi connectivity index (χ0v) is 22.6. The summed E-state index contributed by atoms with van der Waals surface area (Å²) in [4.78, 5) is 17.8. The number of hydrogen-bond donors (Lipinski definition) is 1. The molecule has 2 aromatic rings. The second kappa shape index (κ2) is 8.88. The van der Waals surface area contributed by atoms with Gasteiger partial charge in [-0.1, -0.05) is 80.9 Å². The Morgan fingerprint density at radius 3 is 2.26 bits per heavy atom. The van der Waals surface area contributed by atoms with Crippen molar-refractivity contribution in [1.82, 2.24) is 9.80 Å². The predicted molar refractivity (Wildman–Crippen MR) is 144 cm³/mol. The Morgan fingerprint density at radius 1 is 1.00 bits per heavy atom. The van der Waals surface area contributed by atoms with Crippen LogP contribution < -0.4 is 0 Å². The smallest absolute Gasteiger partial charge is 0.311 e. The number of rotatable bonds is 5.